The topological polar surface area (TPSA) is 65.6 Å². The smallest absolute Gasteiger partial charge is 0.180 e. The molecule has 0 radical (unpaired) electrons. The number of nitrogens with zero attached hydrogens (tertiary/aromatic N) is 2. The molecule has 4 rings (SSSR count). The molecule has 0 spiro atoms. The highest BCUT2D eigenvalue weighted by Gasteiger charge is 2.13. The number of rotatable bonds is 2. The van der Waals surface area contributed by atoms with Gasteiger partial charge in [0.05, 0.1) is 5.52 Å². The molecule has 1 aliphatic rings. The van der Waals surface area contributed by atoms with Crippen molar-refractivity contribution in [2.45, 2.75) is 13.1 Å². The SMILES string of the molecule is CNc1ccc2[nH]c(-c3ccc4c(c3)CNC4)nc2n1. The molecular formula is C15H15N5. The molecule has 100 valence electrons. The van der Waals surface area contributed by atoms with Crippen LogP contribution in [-0.2, 0) is 13.1 Å². The molecule has 0 saturated carbocycles. The summed E-state index contributed by atoms with van der Waals surface area (Å²) in [5, 5.41) is 6.39. The predicted molar refractivity (Wildman–Crippen MR) is 79.4 cm³/mol. The third kappa shape index (κ3) is 1.75. The minimum absolute atomic E-state index is 0.741. The van der Waals surface area contributed by atoms with E-state index in [9.17, 15) is 0 Å². The lowest BCUT2D eigenvalue weighted by molar-refractivity contribution is 0.765. The quantitative estimate of drug-likeness (QED) is 0.665. The Morgan fingerprint density at radius 1 is 1.05 bits per heavy atom. The first-order valence-corrected chi connectivity index (χ1v) is 6.71. The van der Waals surface area contributed by atoms with Crippen LogP contribution in [0.25, 0.3) is 22.6 Å². The van der Waals surface area contributed by atoms with Gasteiger partial charge in [-0.15, -0.1) is 0 Å². The van der Waals surface area contributed by atoms with E-state index >= 15 is 0 Å². The van der Waals surface area contributed by atoms with Crippen molar-refractivity contribution in [1.82, 2.24) is 20.3 Å². The van der Waals surface area contributed by atoms with Crippen LogP contribution >= 0.6 is 0 Å². The number of fused-ring (bicyclic) bond motifs is 2. The molecule has 3 N–H and O–H groups in total. The van der Waals surface area contributed by atoms with Crippen LogP contribution in [0.5, 0.6) is 0 Å². The van der Waals surface area contributed by atoms with Gasteiger partial charge < -0.3 is 15.6 Å². The van der Waals surface area contributed by atoms with Crippen LogP contribution in [0.3, 0.4) is 0 Å². The van der Waals surface area contributed by atoms with Crippen LogP contribution in [0, 0.1) is 0 Å². The normalized spacial score (nSPS) is 13.7. The highest BCUT2D eigenvalue weighted by molar-refractivity contribution is 5.77. The molecule has 0 amide bonds. The molecule has 0 bridgehead atoms. The summed E-state index contributed by atoms with van der Waals surface area (Å²) in [6.45, 7) is 1.90. The van der Waals surface area contributed by atoms with Crippen molar-refractivity contribution in [3.8, 4) is 11.4 Å². The van der Waals surface area contributed by atoms with Gasteiger partial charge >= 0.3 is 0 Å². The van der Waals surface area contributed by atoms with Gasteiger partial charge in [0, 0.05) is 25.7 Å². The van der Waals surface area contributed by atoms with Crippen molar-refractivity contribution in [2.24, 2.45) is 0 Å². The first-order chi connectivity index (χ1) is 9.83. The van der Waals surface area contributed by atoms with E-state index in [1.165, 1.54) is 11.1 Å². The van der Waals surface area contributed by atoms with E-state index in [4.69, 9.17) is 0 Å². The van der Waals surface area contributed by atoms with E-state index in [0.29, 0.717) is 0 Å². The Kier molecular flexibility index (Phi) is 2.47. The maximum absolute atomic E-state index is 4.59. The largest absolute Gasteiger partial charge is 0.373 e. The second-order valence-electron chi connectivity index (χ2n) is 4.99. The molecule has 1 aromatic carbocycles. The molecule has 5 heteroatoms. The van der Waals surface area contributed by atoms with E-state index in [1.807, 2.05) is 19.2 Å². The molecular weight excluding hydrogens is 250 g/mol. The standard InChI is InChI=1S/C15H15N5/c1-16-13-5-4-12-15(19-13)20-14(18-12)9-2-3-10-7-17-8-11(10)6-9/h2-6,17H,7-8H2,1H3,(H2,16,18,19,20). The number of imidazole rings is 1. The van der Waals surface area contributed by atoms with E-state index in [0.717, 1.165) is 41.5 Å². The fraction of sp³-hybridized carbons (Fsp3) is 0.200. The van der Waals surface area contributed by atoms with Gasteiger partial charge in [0.15, 0.2) is 5.65 Å². The summed E-state index contributed by atoms with van der Waals surface area (Å²) in [6, 6.07) is 10.4. The van der Waals surface area contributed by atoms with E-state index in [-0.39, 0.29) is 0 Å². The number of pyridine rings is 1. The van der Waals surface area contributed by atoms with Gasteiger partial charge in [-0.2, -0.15) is 0 Å². The highest BCUT2D eigenvalue weighted by Crippen LogP contribution is 2.25. The zero-order valence-corrected chi connectivity index (χ0v) is 11.2. The zero-order chi connectivity index (χ0) is 13.5. The summed E-state index contributed by atoms with van der Waals surface area (Å²) in [5.41, 5.74) is 5.53. The van der Waals surface area contributed by atoms with Crippen molar-refractivity contribution in [2.75, 3.05) is 12.4 Å². The lowest BCUT2D eigenvalue weighted by atomic mass is 10.1. The average molecular weight is 265 g/mol. The van der Waals surface area contributed by atoms with Crippen molar-refractivity contribution in [3.63, 3.8) is 0 Å². The maximum Gasteiger partial charge on any atom is 0.180 e. The summed E-state index contributed by atoms with van der Waals surface area (Å²) in [4.78, 5) is 12.4. The Labute approximate surface area is 116 Å². The monoisotopic (exact) mass is 265 g/mol. The lowest BCUT2D eigenvalue weighted by Crippen LogP contribution is -1.99. The van der Waals surface area contributed by atoms with Crippen molar-refractivity contribution < 1.29 is 0 Å². The molecule has 3 aromatic rings. The van der Waals surface area contributed by atoms with Crippen LogP contribution in [0.15, 0.2) is 30.3 Å². The first-order valence-electron chi connectivity index (χ1n) is 6.71. The van der Waals surface area contributed by atoms with Gasteiger partial charge in [0.2, 0.25) is 0 Å². The highest BCUT2D eigenvalue weighted by atomic mass is 15.0. The second-order valence-corrected chi connectivity index (χ2v) is 4.99. The van der Waals surface area contributed by atoms with E-state index in [2.05, 4.69) is 43.8 Å². The summed E-state index contributed by atoms with van der Waals surface area (Å²) in [6.07, 6.45) is 0. The maximum atomic E-state index is 4.59. The Hall–Kier alpha value is -2.40. The Balaban J connectivity index is 1.81. The average Bonchev–Trinajstić information content (AvgIpc) is 3.11. The number of nitrogens with one attached hydrogen (secondary N) is 3. The predicted octanol–water partition coefficient (Wildman–Crippen LogP) is 2.27. The Bertz CT molecular complexity index is 790. The molecule has 2 aromatic heterocycles. The van der Waals surface area contributed by atoms with Gasteiger partial charge in [0.25, 0.3) is 0 Å². The zero-order valence-electron chi connectivity index (χ0n) is 11.2. The Morgan fingerprint density at radius 3 is 2.85 bits per heavy atom. The molecule has 3 heterocycles. The number of aromatic nitrogens is 3. The summed E-state index contributed by atoms with van der Waals surface area (Å²) in [7, 11) is 1.86. The summed E-state index contributed by atoms with van der Waals surface area (Å²) < 4.78 is 0. The third-order valence-corrected chi connectivity index (χ3v) is 3.71. The first kappa shape index (κ1) is 11.4. The third-order valence-electron chi connectivity index (χ3n) is 3.71. The molecule has 0 fully saturated rings. The van der Waals surface area contributed by atoms with Crippen LogP contribution in [-0.4, -0.2) is 22.0 Å². The lowest BCUT2D eigenvalue weighted by Gasteiger charge is -2.00. The van der Waals surface area contributed by atoms with E-state index in [1.54, 1.807) is 0 Å². The van der Waals surface area contributed by atoms with Crippen molar-refractivity contribution >= 4 is 17.0 Å². The molecule has 0 atom stereocenters. The number of H-pyrrole nitrogens is 1. The van der Waals surface area contributed by atoms with Gasteiger partial charge in [-0.1, -0.05) is 12.1 Å². The number of hydrogen-bond donors (Lipinski definition) is 3. The van der Waals surface area contributed by atoms with Gasteiger partial charge in [-0.05, 0) is 29.3 Å². The van der Waals surface area contributed by atoms with Crippen LogP contribution in [0.4, 0.5) is 5.82 Å². The Morgan fingerprint density at radius 2 is 1.95 bits per heavy atom. The molecule has 0 aliphatic carbocycles. The number of hydrogen-bond acceptors (Lipinski definition) is 4. The minimum Gasteiger partial charge on any atom is -0.373 e. The van der Waals surface area contributed by atoms with Gasteiger partial charge in [-0.3, -0.25) is 0 Å². The fourth-order valence-corrected chi connectivity index (χ4v) is 2.61. The summed E-state index contributed by atoms with van der Waals surface area (Å²) in [5.74, 6) is 1.70. The number of aromatic amines is 1. The molecule has 0 saturated heterocycles. The van der Waals surface area contributed by atoms with Crippen molar-refractivity contribution in [1.29, 1.82) is 0 Å². The van der Waals surface area contributed by atoms with E-state index < -0.39 is 0 Å². The summed E-state index contributed by atoms with van der Waals surface area (Å²) >= 11 is 0. The van der Waals surface area contributed by atoms with Crippen molar-refractivity contribution in [3.05, 3.63) is 41.5 Å². The molecule has 5 nitrogen and oxygen atoms in total. The van der Waals surface area contributed by atoms with Gasteiger partial charge in [0.1, 0.15) is 11.6 Å². The molecule has 20 heavy (non-hydrogen) atoms. The van der Waals surface area contributed by atoms with Gasteiger partial charge in [-0.25, -0.2) is 9.97 Å². The molecule has 0 unspecified atom stereocenters. The van der Waals surface area contributed by atoms with Crippen LogP contribution in [0.1, 0.15) is 11.1 Å². The minimum atomic E-state index is 0.741. The van der Waals surface area contributed by atoms with Crippen LogP contribution in [0.2, 0.25) is 0 Å². The molecule has 1 aliphatic heterocycles. The number of benzene rings is 1. The second kappa shape index (κ2) is 4.31. The van der Waals surface area contributed by atoms with Crippen LogP contribution < -0.4 is 10.6 Å². The number of anilines is 1. The fourth-order valence-electron chi connectivity index (χ4n) is 2.61.